The summed E-state index contributed by atoms with van der Waals surface area (Å²) in [5, 5.41) is 8.45. The summed E-state index contributed by atoms with van der Waals surface area (Å²) in [6.07, 6.45) is 3.54. The lowest BCUT2D eigenvalue weighted by atomic mass is 9.93. The quantitative estimate of drug-likeness (QED) is 0.181. The number of rotatable bonds is 4. The molecule has 0 N–H and O–H groups in total. The summed E-state index contributed by atoms with van der Waals surface area (Å²) < 4.78 is 14.9. The van der Waals surface area contributed by atoms with E-state index in [0.717, 1.165) is 93.1 Å². The van der Waals surface area contributed by atoms with Gasteiger partial charge in [-0.2, -0.15) is 9.97 Å². The van der Waals surface area contributed by atoms with E-state index >= 15 is 0 Å². The van der Waals surface area contributed by atoms with E-state index < -0.39 is 0 Å². The van der Waals surface area contributed by atoms with Crippen molar-refractivity contribution in [3.8, 4) is 39.9 Å². The molecule has 0 saturated carbocycles. The Morgan fingerprint density at radius 2 is 0.982 bits per heavy atom. The average Bonchev–Trinajstić information content (AvgIpc) is 3.93. The van der Waals surface area contributed by atoms with Gasteiger partial charge >= 0.3 is 0 Å². The number of furan rings is 2. The molecule has 7 heteroatoms. The highest BCUT2D eigenvalue weighted by Gasteiger charge is 2.22. The summed E-state index contributed by atoms with van der Waals surface area (Å²) in [7, 11) is 0. The SMILES string of the molecule is c1ccc2c(c1)oc1c(-c3ccc(-c4nc(-c5cccc6oc7cnccc7c56)nc(-n5c6ccccc6c6ccccc65)n4)c4ccccc34)cccc12. The van der Waals surface area contributed by atoms with Gasteiger partial charge in [-0.05, 0) is 52.7 Å². The third kappa shape index (κ3) is 4.38. The van der Waals surface area contributed by atoms with Crippen LogP contribution in [-0.4, -0.2) is 24.5 Å². The molecule has 0 atom stereocenters. The fourth-order valence-corrected chi connectivity index (χ4v) is 8.40. The first-order valence-electron chi connectivity index (χ1n) is 18.2. The standard InChI is InChI=1S/C48H27N5O2/c1-2-12-29-28(11-1)30(34-16-9-17-35-33-15-5-8-21-41(33)55-45(34)35)23-24-36(29)46-50-47(38-18-10-22-42-44(38)37-25-26-49-27-43(37)54-42)52-48(51-46)53-39-19-6-3-13-31(39)32-14-4-7-20-40(32)53/h1-27H. The van der Waals surface area contributed by atoms with Crippen molar-refractivity contribution in [1.29, 1.82) is 0 Å². The van der Waals surface area contributed by atoms with Gasteiger partial charge in [-0.25, -0.2) is 4.98 Å². The molecule has 12 aromatic rings. The van der Waals surface area contributed by atoms with Gasteiger partial charge in [0.2, 0.25) is 5.95 Å². The van der Waals surface area contributed by atoms with E-state index in [0.29, 0.717) is 23.2 Å². The molecule has 5 aromatic heterocycles. The molecule has 0 spiro atoms. The minimum Gasteiger partial charge on any atom is -0.455 e. The van der Waals surface area contributed by atoms with Crippen LogP contribution >= 0.6 is 0 Å². The third-order valence-electron chi connectivity index (χ3n) is 10.8. The third-order valence-corrected chi connectivity index (χ3v) is 10.8. The second-order valence-electron chi connectivity index (χ2n) is 13.8. The smallest absolute Gasteiger partial charge is 0.238 e. The van der Waals surface area contributed by atoms with Gasteiger partial charge in [0.05, 0.1) is 17.2 Å². The lowest BCUT2D eigenvalue weighted by Crippen LogP contribution is -2.06. The minimum absolute atomic E-state index is 0.532. The molecule has 7 aromatic carbocycles. The van der Waals surface area contributed by atoms with Crippen molar-refractivity contribution in [2.45, 2.75) is 0 Å². The Morgan fingerprint density at radius 1 is 0.382 bits per heavy atom. The van der Waals surface area contributed by atoms with Crippen LogP contribution in [0.1, 0.15) is 0 Å². The van der Waals surface area contributed by atoms with Crippen molar-refractivity contribution in [2.24, 2.45) is 0 Å². The van der Waals surface area contributed by atoms with Crippen LogP contribution in [0.5, 0.6) is 0 Å². The zero-order valence-corrected chi connectivity index (χ0v) is 29.1. The van der Waals surface area contributed by atoms with Gasteiger partial charge in [-0.15, -0.1) is 0 Å². The van der Waals surface area contributed by atoms with Crippen LogP contribution in [0.4, 0.5) is 0 Å². The molecule has 0 fully saturated rings. The lowest BCUT2D eigenvalue weighted by Gasteiger charge is -2.14. The summed E-state index contributed by atoms with van der Waals surface area (Å²) in [6, 6.07) is 52.1. The molecule has 0 bridgehead atoms. The van der Waals surface area contributed by atoms with E-state index in [2.05, 4.69) is 131 Å². The van der Waals surface area contributed by atoms with Crippen LogP contribution in [0.15, 0.2) is 173 Å². The second-order valence-corrected chi connectivity index (χ2v) is 13.8. The molecule has 0 saturated heterocycles. The Morgan fingerprint density at radius 3 is 1.78 bits per heavy atom. The van der Waals surface area contributed by atoms with E-state index in [-0.39, 0.29) is 0 Å². The zero-order chi connectivity index (χ0) is 36.0. The Balaban J connectivity index is 1.15. The maximum absolute atomic E-state index is 6.51. The Bertz CT molecular complexity index is 3470. The fourth-order valence-electron chi connectivity index (χ4n) is 8.40. The van der Waals surface area contributed by atoms with Crippen LogP contribution < -0.4 is 0 Å². The van der Waals surface area contributed by atoms with Crippen molar-refractivity contribution < 1.29 is 8.83 Å². The van der Waals surface area contributed by atoms with Crippen molar-refractivity contribution >= 4 is 76.5 Å². The molecule has 5 heterocycles. The summed E-state index contributed by atoms with van der Waals surface area (Å²) in [5.41, 5.74) is 9.09. The number of nitrogens with zero attached hydrogens (tertiary/aromatic N) is 5. The summed E-state index contributed by atoms with van der Waals surface area (Å²) >= 11 is 0. The summed E-state index contributed by atoms with van der Waals surface area (Å²) in [6.45, 7) is 0. The van der Waals surface area contributed by atoms with Crippen molar-refractivity contribution in [1.82, 2.24) is 24.5 Å². The first-order chi connectivity index (χ1) is 27.3. The van der Waals surface area contributed by atoms with E-state index in [1.807, 2.05) is 30.3 Å². The van der Waals surface area contributed by atoms with Crippen LogP contribution in [0, 0.1) is 0 Å². The Hall–Kier alpha value is -7.64. The van der Waals surface area contributed by atoms with Gasteiger partial charge in [-0.1, -0.05) is 115 Å². The molecule has 0 radical (unpaired) electrons. The maximum Gasteiger partial charge on any atom is 0.238 e. The second kappa shape index (κ2) is 11.4. The normalized spacial score (nSPS) is 12.0. The van der Waals surface area contributed by atoms with Crippen LogP contribution in [-0.2, 0) is 0 Å². The maximum atomic E-state index is 6.51. The number of aromatic nitrogens is 5. The first-order valence-corrected chi connectivity index (χ1v) is 18.2. The highest BCUT2D eigenvalue weighted by Crippen LogP contribution is 2.42. The summed E-state index contributed by atoms with van der Waals surface area (Å²) in [4.78, 5) is 20.2. The molecule has 0 aliphatic heterocycles. The molecule has 0 aliphatic carbocycles. The van der Waals surface area contributed by atoms with E-state index in [1.165, 1.54) is 0 Å². The van der Waals surface area contributed by atoms with E-state index in [4.69, 9.17) is 23.8 Å². The van der Waals surface area contributed by atoms with Crippen molar-refractivity contribution in [3.05, 3.63) is 164 Å². The highest BCUT2D eigenvalue weighted by molar-refractivity contribution is 6.15. The molecule has 0 amide bonds. The predicted octanol–water partition coefficient (Wildman–Crippen LogP) is 12.3. The Labute approximate surface area is 312 Å². The first kappa shape index (κ1) is 29.9. The number of benzene rings is 7. The number of para-hydroxylation sites is 4. The van der Waals surface area contributed by atoms with Gasteiger partial charge in [0, 0.05) is 55.2 Å². The monoisotopic (exact) mass is 705 g/mol. The molecule has 55 heavy (non-hydrogen) atoms. The largest absolute Gasteiger partial charge is 0.455 e. The van der Waals surface area contributed by atoms with Crippen molar-refractivity contribution in [2.75, 3.05) is 0 Å². The van der Waals surface area contributed by atoms with Crippen molar-refractivity contribution in [3.63, 3.8) is 0 Å². The molecular weight excluding hydrogens is 679 g/mol. The lowest BCUT2D eigenvalue weighted by molar-refractivity contribution is 0.667. The van der Waals surface area contributed by atoms with Gasteiger partial charge < -0.3 is 8.83 Å². The molecule has 7 nitrogen and oxygen atoms in total. The summed E-state index contributed by atoms with van der Waals surface area (Å²) in [5.74, 6) is 1.65. The number of fused-ring (bicyclic) bond motifs is 10. The fraction of sp³-hybridized carbons (Fsp3) is 0. The topological polar surface area (TPSA) is 82.8 Å². The minimum atomic E-state index is 0.532. The van der Waals surface area contributed by atoms with Gasteiger partial charge in [0.25, 0.3) is 0 Å². The number of hydrogen-bond acceptors (Lipinski definition) is 6. The molecule has 0 aliphatic rings. The van der Waals surface area contributed by atoms with E-state index in [1.54, 1.807) is 12.4 Å². The van der Waals surface area contributed by atoms with Gasteiger partial charge in [-0.3, -0.25) is 9.55 Å². The molecule has 256 valence electrons. The zero-order valence-electron chi connectivity index (χ0n) is 29.1. The molecule has 0 unspecified atom stereocenters. The van der Waals surface area contributed by atoms with Crippen LogP contribution in [0.3, 0.4) is 0 Å². The van der Waals surface area contributed by atoms with Gasteiger partial charge in [0.15, 0.2) is 17.2 Å². The average molecular weight is 706 g/mol. The van der Waals surface area contributed by atoms with Crippen LogP contribution in [0.25, 0.3) is 116 Å². The number of pyridine rings is 1. The number of hydrogen-bond donors (Lipinski definition) is 0. The highest BCUT2D eigenvalue weighted by atomic mass is 16.3. The predicted molar refractivity (Wildman–Crippen MR) is 220 cm³/mol. The van der Waals surface area contributed by atoms with E-state index in [9.17, 15) is 0 Å². The molecule has 12 rings (SSSR count). The van der Waals surface area contributed by atoms with Crippen LogP contribution in [0.2, 0.25) is 0 Å². The van der Waals surface area contributed by atoms with Gasteiger partial charge in [0.1, 0.15) is 16.7 Å². The molecular formula is C48H27N5O2. The Kier molecular flexibility index (Phi) is 6.21.